The molecule has 2 aromatic heterocycles. The van der Waals surface area contributed by atoms with Gasteiger partial charge in [-0.15, -0.1) is 0 Å². The van der Waals surface area contributed by atoms with Crippen molar-refractivity contribution in [1.29, 1.82) is 0 Å². The highest BCUT2D eigenvalue weighted by Crippen LogP contribution is 2.29. The summed E-state index contributed by atoms with van der Waals surface area (Å²) < 4.78 is 1.87. The lowest BCUT2D eigenvalue weighted by Crippen LogP contribution is -2.41. The number of hydrogen-bond acceptors (Lipinski definition) is 4. The Morgan fingerprint density at radius 1 is 1.33 bits per heavy atom. The molecule has 5 nitrogen and oxygen atoms in total. The fraction of sp³-hybridized carbons (Fsp3) is 0.562. The van der Waals surface area contributed by atoms with Gasteiger partial charge in [0.25, 0.3) is 0 Å². The zero-order valence-corrected chi connectivity index (χ0v) is 12.9. The van der Waals surface area contributed by atoms with Crippen molar-refractivity contribution in [2.24, 2.45) is 0 Å². The van der Waals surface area contributed by atoms with Crippen molar-refractivity contribution in [2.45, 2.75) is 51.5 Å². The predicted molar refractivity (Wildman–Crippen MR) is 82.7 cm³/mol. The molecule has 1 atom stereocenters. The van der Waals surface area contributed by atoms with E-state index >= 15 is 0 Å². The number of aromatic nitrogens is 3. The van der Waals surface area contributed by atoms with Crippen LogP contribution in [0.2, 0.25) is 0 Å². The lowest BCUT2D eigenvalue weighted by molar-refractivity contribution is -0.109. The molecule has 3 heterocycles. The molecule has 2 aromatic rings. The van der Waals surface area contributed by atoms with E-state index in [1.165, 1.54) is 0 Å². The number of aldehydes is 1. The first-order chi connectivity index (χ1) is 10.0. The van der Waals surface area contributed by atoms with Gasteiger partial charge in [0.2, 0.25) is 0 Å². The van der Waals surface area contributed by atoms with Crippen molar-refractivity contribution in [2.75, 3.05) is 11.4 Å². The molecule has 1 aliphatic rings. The molecule has 1 aliphatic heterocycles. The highest BCUT2D eigenvalue weighted by Gasteiger charge is 2.26. The molecule has 0 radical (unpaired) electrons. The Balaban J connectivity index is 2.09. The molecule has 1 fully saturated rings. The summed E-state index contributed by atoms with van der Waals surface area (Å²) >= 11 is 0. The Kier molecular flexibility index (Phi) is 3.43. The van der Waals surface area contributed by atoms with Crippen LogP contribution < -0.4 is 4.90 Å². The van der Waals surface area contributed by atoms with E-state index in [9.17, 15) is 4.79 Å². The van der Waals surface area contributed by atoms with Crippen LogP contribution in [-0.4, -0.2) is 33.5 Å². The second-order valence-electron chi connectivity index (χ2n) is 6.75. The smallest absolute Gasteiger partial charge is 0.155 e. The van der Waals surface area contributed by atoms with Crippen LogP contribution in [0.3, 0.4) is 0 Å². The SMILES string of the molecule is CC(C)(C)c1cc2c(N3CCCCC3C=O)nccn2n1. The van der Waals surface area contributed by atoms with Gasteiger partial charge in [0.1, 0.15) is 11.8 Å². The molecule has 0 amide bonds. The van der Waals surface area contributed by atoms with Gasteiger partial charge in [-0.25, -0.2) is 9.50 Å². The maximum Gasteiger partial charge on any atom is 0.155 e. The summed E-state index contributed by atoms with van der Waals surface area (Å²) in [6, 6.07) is 2.03. The van der Waals surface area contributed by atoms with E-state index in [1.807, 2.05) is 10.7 Å². The predicted octanol–water partition coefficient (Wildman–Crippen LogP) is 2.58. The van der Waals surface area contributed by atoms with Crippen LogP contribution in [0.5, 0.6) is 0 Å². The summed E-state index contributed by atoms with van der Waals surface area (Å²) in [6.45, 7) is 7.33. The van der Waals surface area contributed by atoms with Crippen LogP contribution in [-0.2, 0) is 10.2 Å². The summed E-state index contributed by atoms with van der Waals surface area (Å²) in [7, 11) is 0. The van der Waals surface area contributed by atoms with Crippen molar-refractivity contribution in [3.05, 3.63) is 24.2 Å². The maximum absolute atomic E-state index is 11.4. The van der Waals surface area contributed by atoms with Crippen molar-refractivity contribution in [3.63, 3.8) is 0 Å². The Labute approximate surface area is 125 Å². The summed E-state index contributed by atoms with van der Waals surface area (Å²) in [6.07, 6.45) is 7.80. The zero-order chi connectivity index (χ0) is 15.0. The van der Waals surface area contributed by atoms with E-state index in [1.54, 1.807) is 6.20 Å². The van der Waals surface area contributed by atoms with Gasteiger partial charge >= 0.3 is 0 Å². The lowest BCUT2D eigenvalue weighted by Gasteiger charge is -2.33. The third-order valence-electron chi connectivity index (χ3n) is 4.12. The van der Waals surface area contributed by atoms with Crippen molar-refractivity contribution >= 4 is 17.6 Å². The highest BCUT2D eigenvalue weighted by molar-refractivity contribution is 5.75. The normalized spacial score (nSPS) is 20.0. The fourth-order valence-corrected chi connectivity index (χ4v) is 2.86. The largest absolute Gasteiger partial charge is 0.345 e. The second-order valence-corrected chi connectivity index (χ2v) is 6.75. The van der Waals surface area contributed by atoms with Crippen LogP contribution in [0.4, 0.5) is 5.82 Å². The maximum atomic E-state index is 11.4. The van der Waals surface area contributed by atoms with E-state index < -0.39 is 0 Å². The van der Waals surface area contributed by atoms with Crippen molar-refractivity contribution in [1.82, 2.24) is 14.6 Å². The number of carbonyl (C=O) groups excluding carboxylic acids is 1. The van der Waals surface area contributed by atoms with E-state index in [0.29, 0.717) is 0 Å². The van der Waals surface area contributed by atoms with Crippen LogP contribution in [0, 0.1) is 0 Å². The van der Waals surface area contributed by atoms with E-state index in [2.05, 4.69) is 41.8 Å². The summed E-state index contributed by atoms with van der Waals surface area (Å²) in [4.78, 5) is 18.0. The van der Waals surface area contributed by atoms with Crippen LogP contribution in [0.15, 0.2) is 18.5 Å². The molecule has 3 rings (SSSR count). The number of piperidine rings is 1. The van der Waals surface area contributed by atoms with Gasteiger partial charge in [-0.1, -0.05) is 20.8 Å². The van der Waals surface area contributed by atoms with Crippen LogP contribution in [0.25, 0.3) is 5.52 Å². The molecule has 0 N–H and O–H groups in total. The number of carbonyl (C=O) groups is 1. The molecule has 5 heteroatoms. The highest BCUT2D eigenvalue weighted by atomic mass is 16.1. The molecular weight excluding hydrogens is 264 g/mol. The molecule has 112 valence electrons. The fourth-order valence-electron chi connectivity index (χ4n) is 2.86. The van der Waals surface area contributed by atoms with Crippen molar-refractivity contribution in [3.8, 4) is 0 Å². The monoisotopic (exact) mass is 286 g/mol. The molecule has 0 aromatic carbocycles. The van der Waals surface area contributed by atoms with Gasteiger partial charge in [-0.05, 0) is 25.3 Å². The molecule has 0 saturated carbocycles. The average molecular weight is 286 g/mol. The average Bonchev–Trinajstić information content (AvgIpc) is 2.91. The number of rotatable bonds is 2. The van der Waals surface area contributed by atoms with Gasteiger partial charge in [-0.2, -0.15) is 5.10 Å². The molecular formula is C16H22N4O. The summed E-state index contributed by atoms with van der Waals surface area (Å²) in [5, 5.41) is 4.65. The standard InChI is InChI=1S/C16H22N4O/c1-16(2,3)14-10-13-15(17-7-9-20(13)18-14)19-8-5-4-6-12(19)11-21/h7,9-12H,4-6,8H2,1-3H3. The van der Waals surface area contributed by atoms with Gasteiger partial charge in [-0.3, -0.25) is 0 Å². The topological polar surface area (TPSA) is 50.5 Å². The van der Waals surface area contributed by atoms with Gasteiger partial charge in [0.15, 0.2) is 5.82 Å². The van der Waals surface area contributed by atoms with Gasteiger partial charge < -0.3 is 9.69 Å². The van der Waals surface area contributed by atoms with E-state index in [-0.39, 0.29) is 11.5 Å². The number of anilines is 1. The third kappa shape index (κ3) is 2.52. The molecule has 0 spiro atoms. The van der Waals surface area contributed by atoms with Crippen LogP contribution in [0.1, 0.15) is 45.7 Å². The van der Waals surface area contributed by atoms with E-state index in [0.717, 1.165) is 49.1 Å². The number of nitrogens with zero attached hydrogens (tertiary/aromatic N) is 4. The number of hydrogen-bond donors (Lipinski definition) is 0. The molecule has 1 saturated heterocycles. The Morgan fingerprint density at radius 3 is 2.86 bits per heavy atom. The van der Waals surface area contributed by atoms with Crippen molar-refractivity contribution < 1.29 is 4.79 Å². The minimum absolute atomic E-state index is 0.00471. The zero-order valence-electron chi connectivity index (χ0n) is 12.9. The summed E-state index contributed by atoms with van der Waals surface area (Å²) in [5.74, 6) is 0.873. The third-order valence-corrected chi connectivity index (χ3v) is 4.12. The van der Waals surface area contributed by atoms with E-state index in [4.69, 9.17) is 0 Å². The molecule has 21 heavy (non-hydrogen) atoms. The first-order valence-corrected chi connectivity index (χ1v) is 7.57. The number of fused-ring (bicyclic) bond motifs is 1. The minimum Gasteiger partial charge on any atom is -0.345 e. The quantitative estimate of drug-likeness (QED) is 0.796. The lowest BCUT2D eigenvalue weighted by atomic mass is 9.92. The van der Waals surface area contributed by atoms with Gasteiger partial charge in [0.05, 0.1) is 11.7 Å². The first-order valence-electron chi connectivity index (χ1n) is 7.57. The Morgan fingerprint density at radius 2 is 2.14 bits per heavy atom. The van der Waals surface area contributed by atoms with Gasteiger partial charge in [0, 0.05) is 24.4 Å². The Hall–Kier alpha value is -1.91. The molecule has 1 unspecified atom stereocenters. The second kappa shape index (κ2) is 5.13. The minimum atomic E-state index is -0.0644. The van der Waals surface area contributed by atoms with Crippen LogP contribution >= 0.6 is 0 Å². The summed E-state index contributed by atoms with van der Waals surface area (Å²) in [5.41, 5.74) is 2.02. The molecule has 0 bridgehead atoms. The molecule has 0 aliphatic carbocycles. The first kappa shape index (κ1) is 14.0. The Bertz CT molecular complexity index is 656.